The van der Waals surface area contributed by atoms with Crippen molar-refractivity contribution in [3.05, 3.63) is 59.4 Å². The molecule has 5 heteroatoms. The molecule has 1 aliphatic heterocycles. The van der Waals surface area contributed by atoms with Gasteiger partial charge in [-0.2, -0.15) is 5.26 Å². The number of hydrogen-bond acceptors (Lipinski definition) is 3. The number of para-hydroxylation sites is 2. The zero-order valence-corrected chi connectivity index (χ0v) is 11.1. The van der Waals surface area contributed by atoms with Crippen LogP contribution in [0.4, 0.5) is 15.8 Å². The summed E-state index contributed by atoms with van der Waals surface area (Å²) in [6.45, 7) is 0.538. The zero-order chi connectivity index (χ0) is 14.8. The molecular formula is C16H12FN3O. The topological polar surface area (TPSA) is 56.1 Å². The van der Waals surface area contributed by atoms with Crippen LogP contribution in [0, 0.1) is 17.1 Å². The number of nitriles is 1. The second kappa shape index (κ2) is 5.25. The number of anilines is 2. The number of nitrogens with zero attached hydrogens (tertiary/aromatic N) is 2. The van der Waals surface area contributed by atoms with Crippen molar-refractivity contribution in [3.8, 4) is 6.07 Å². The third kappa shape index (κ3) is 2.43. The fourth-order valence-corrected chi connectivity index (χ4v) is 2.37. The maximum absolute atomic E-state index is 13.4. The molecule has 0 bridgehead atoms. The van der Waals surface area contributed by atoms with E-state index in [0.29, 0.717) is 6.54 Å². The van der Waals surface area contributed by atoms with E-state index in [1.807, 2.05) is 30.3 Å². The maximum Gasteiger partial charge on any atom is 0.246 e. The summed E-state index contributed by atoms with van der Waals surface area (Å²) in [6, 6.07) is 13.7. The molecule has 0 saturated carbocycles. The monoisotopic (exact) mass is 281 g/mol. The van der Waals surface area contributed by atoms with Crippen molar-refractivity contribution < 1.29 is 9.18 Å². The summed E-state index contributed by atoms with van der Waals surface area (Å²) in [7, 11) is 0. The summed E-state index contributed by atoms with van der Waals surface area (Å²) < 4.78 is 13.4. The lowest BCUT2D eigenvalue weighted by Crippen LogP contribution is -2.39. The van der Waals surface area contributed by atoms with Crippen LogP contribution in [0.5, 0.6) is 0 Å². The highest BCUT2D eigenvalue weighted by Gasteiger charge is 2.23. The molecule has 104 valence electrons. The van der Waals surface area contributed by atoms with Gasteiger partial charge >= 0.3 is 0 Å². The predicted molar refractivity (Wildman–Crippen MR) is 77.2 cm³/mol. The van der Waals surface area contributed by atoms with Gasteiger partial charge in [0.2, 0.25) is 5.91 Å². The van der Waals surface area contributed by atoms with Gasteiger partial charge in [-0.25, -0.2) is 4.39 Å². The van der Waals surface area contributed by atoms with Crippen molar-refractivity contribution in [1.82, 2.24) is 0 Å². The summed E-state index contributed by atoms with van der Waals surface area (Å²) in [5.41, 5.74) is 2.39. The Morgan fingerprint density at radius 1 is 1.29 bits per heavy atom. The molecular weight excluding hydrogens is 269 g/mol. The van der Waals surface area contributed by atoms with Crippen LogP contribution in [0.1, 0.15) is 11.1 Å². The normalized spacial score (nSPS) is 13.3. The first-order valence-electron chi connectivity index (χ1n) is 6.51. The molecule has 21 heavy (non-hydrogen) atoms. The summed E-state index contributed by atoms with van der Waals surface area (Å²) in [5, 5.41) is 11.9. The molecule has 2 aromatic carbocycles. The number of carbonyl (C=O) groups excluding carboxylic acids is 1. The Hall–Kier alpha value is -2.87. The number of carbonyl (C=O) groups is 1. The first-order chi connectivity index (χ1) is 10.2. The third-order valence-electron chi connectivity index (χ3n) is 3.42. The van der Waals surface area contributed by atoms with Crippen LogP contribution in [-0.2, 0) is 11.3 Å². The Morgan fingerprint density at radius 3 is 2.90 bits per heavy atom. The molecule has 0 aromatic heterocycles. The van der Waals surface area contributed by atoms with E-state index in [1.165, 1.54) is 12.1 Å². The summed E-state index contributed by atoms with van der Waals surface area (Å²) in [5.74, 6) is -0.607. The minimum absolute atomic E-state index is 0.0108. The number of fused-ring (bicyclic) bond motifs is 1. The maximum atomic E-state index is 13.4. The van der Waals surface area contributed by atoms with Crippen molar-refractivity contribution >= 4 is 17.3 Å². The highest BCUT2D eigenvalue weighted by molar-refractivity contribution is 6.02. The summed E-state index contributed by atoms with van der Waals surface area (Å²) in [6.07, 6.45) is 0. The van der Waals surface area contributed by atoms with Gasteiger partial charge in [0, 0.05) is 0 Å². The molecule has 0 radical (unpaired) electrons. The quantitative estimate of drug-likeness (QED) is 0.920. The second-order valence-electron chi connectivity index (χ2n) is 4.78. The van der Waals surface area contributed by atoms with Gasteiger partial charge in [0.05, 0.1) is 30.0 Å². The fourth-order valence-electron chi connectivity index (χ4n) is 2.37. The van der Waals surface area contributed by atoms with E-state index < -0.39 is 5.82 Å². The number of hydrogen-bond donors (Lipinski definition) is 1. The number of rotatable bonds is 2. The molecule has 0 atom stereocenters. The predicted octanol–water partition coefficient (Wildman–Crippen LogP) is 2.66. The second-order valence-corrected chi connectivity index (χ2v) is 4.78. The van der Waals surface area contributed by atoms with Crippen LogP contribution < -0.4 is 10.2 Å². The van der Waals surface area contributed by atoms with E-state index in [9.17, 15) is 9.18 Å². The molecule has 3 rings (SSSR count). The minimum Gasteiger partial charge on any atom is -0.374 e. The highest BCUT2D eigenvalue weighted by atomic mass is 19.1. The molecule has 0 saturated heterocycles. The van der Waals surface area contributed by atoms with E-state index in [2.05, 4.69) is 5.32 Å². The van der Waals surface area contributed by atoms with Gasteiger partial charge in [0.25, 0.3) is 0 Å². The molecule has 1 heterocycles. The average Bonchev–Trinajstić information content (AvgIpc) is 2.52. The SMILES string of the molecule is N#Cc1cc(CN2C(=O)CNc3ccccc32)ccc1F. The smallest absolute Gasteiger partial charge is 0.246 e. The average molecular weight is 281 g/mol. The lowest BCUT2D eigenvalue weighted by molar-refractivity contribution is -0.117. The van der Waals surface area contributed by atoms with Crippen molar-refractivity contribution in [2.24, 2.45) is 0 Å². The molecule has 0 fully saturated rings. The van der Waals surface area contributed by atoms with Crippen LogP contribution in [0.2, 0.25) is 0 Å². The lowest BCUT2D eigenvalue weighted by Gasteiger charge is -2.30. The molecule has 0 aliphatic carbocycles. The molecule has 0 spiro atoms. The number of benzene rings is 2. The standard InChI is InChI=1S/C16H12FN3O/c17-13-6-5-11(7-12(13)8-18)10-20-15-4-2-1-3-14(15)19-9-16(20)21/h1-7,19H,9-10H2. The number of amides is 1. The van der Waals surface area contributed by atoms with Crippen LogP contribution >= 0.6 is 0 Å². The molecule has 1 amide bonds. The van der Waals surface area contributed by atoms with Gasteiger partial charge < -0.3 is 10.2 Å². The van der Waals surface area contributed by atoms with E-state index >= 15 is 0 Å². The van der Waals surface area contributed by atoms with Crippen LogP contribution in [-0.4, -0.2) is 12.5 Å². The molecule has 1 aliphatic rings. The number of nitrogens with one attached hydrogen (secondary N) is 1. The van der Waals surface area contributed by atoms with Crippen LogP contribution in [0.25, 0.3) is 0 Å². The summed E-state index contributed by atoms with van der Waals surface area (Å²) in [4.78, 5) is 13.7. The Labute approximate surface area is 121 Å². The Kier molecular flexibility index (Phi) is 3.28. The largest absolute Gasteiger partial charge is 0.374 e. The molecule has 1 N–H and O–H groups in total. The van der Waals surface area contributed by atoms with Crippen LogP contribution in [0.15, 0.2) is 42.5 Å². The number of halogens is 1. The fraction of sp³-hybridized carbons (Fsp3) is 0.125. The van der Waals surface area contributed by atoms with E-state index in [1.54, 1.807) is 11.0 Å². The van der Waals surface area contributed by atoms with Crippen molar-refractivity contribution in [2.45, 2.75) is 6.54 Å². The Morgan fingerprint density at radius 2 is 2.10 bits per heavy atom. The van der Waals surface area contributed by atoms with Gasteiger partial charge in [-0.15, -0.1) is 0 Å². The molecule has 2 aromatic rings. The molecule has 0 unspecified atom stereocenters. The van der Waals surface area contributed by atoms with Gasteiger partial charge in [0.15, 0.2) is 0 Å². The van der Waals surface area contributed by atoms with Gasteiger partial charge in [-0.05, 0) is 29.8 Å². The minimum atomic E-state index is -0.548. The lowest BCUT2D eigenvalue weighted by atomic mass is 10.1. The molecule has 4 nitrogen and oxygen atoms in total. The van der Waals surface area contributed by atoms with Gasteiger partial charge in [-0.1, -0.05) is 18.2 Å². The zero-order valence-electron chi connectivity index (χ0n) is 11.1. The highest BCUT2D eigenvalue weighted by Crippen LogP contribution is 2.30. The van der Waals surface area contributed by atoms with Crippen molar-refractivity contribution in [3.63, 3.8) is 0 Å². The third-order valence-corrected chi connectivity index (χ3v) is 3.42. The Bertz CT molecular complexity index is 751. The van der Waals surface area contributed by atoms with Crippen molar-refractivity contribution in [2.75, 3.05) is 16.8 Å². The summed E-state index contributed by atoms with van der Waals surface area (Å²) >= 11 is 0. The van der Waals surface area contributed by atoms with Gasteiger partial charge in [0.1, 0.15) is 11.9 Å². The van der Waals surface area contributed by atoms with E-state index in [4.69, 9.17) is 5.26 Å². The van der Waals surface area contributed by atoms with Gasteiger partial charge in [-0.3, -0.25) is 4.79 Å². The van der Waals surface area contributed by atoms with E-state index in [-0.39, 0.29) is 18.0 Å². The van der Waals surface area contributed by atoms with Crippen molar-refractivity contribution in [1.29, 1.82) is 5.26 Å². The first kappa shape index (κ1) is 13.1. The first-order valence-corrected chi connectivity index (χ1v) is 6.51. The van der Waals surface area contributed by atoms with Crippen LogP contribution in [0.3, 0.4) is 0 Å². The van der Waals surface area contributed by atoms with E-state index in [0.717, 1.165) is 16.9 Å². The Balaban J connectivity index is 1.95.